The minimum atomic E-state index is -3.61. The van der Waals surface area contributed by atoms with E-state index in [4.69, 9.17) is 0 Å². The van der Waals surface area contributed by atoms with Gasteiger partial charge in [-0.1, -0.05) is 38.1 Å². The summed E-state index contributed by atoms with van der Waals surface area (Å²) in [6.07, 6.45) is 0.199. The predicted molar refractivity (Wildman–Crippen MR) is 75.5 cm³/mol. The Morgan fingerprint density at radius 1 is 1.05 bits per heavy atom. The van der Waals surface area contributed by atoms with E-state index in [1.807, 2.05) is 19.9 Å². The highest BCUT2D eigenvalue weighted by Gasteiger charge is 2.42. The fourth-order valence-corrected chi connectivity index (χ4v) is 7.57. The molecule has 6 heteroatoms. The molecule has 1 fully saturated rings. The van der Waals surface area contributed by atoms with Crippen molar-refractivity contribution in [2.75, 3.05) is 11.5 Å². The van der Waals surface area contributed by atoms with E-state index in [9.17, 15) is 16.8 Å². The molecule has 0 saturated carbocycles. The highest BCUT2D eigenvalue weighted by Crippen LogP contribution is 2.35. The van der Waals surface area contributed by atoms with Gasteiger partial charge in [0.1, 0.15) is 0 Å². The fourth-order valence-electron chi connectivity index (χ4n) is 2.38. The van der Waals surface area contributed by atoms with Crippen molar-refractivity contribution in [1.82, 2.24) is 0 Å². The van der Waals surface area contributed by atoms with Crippen molar-refractivity contribution in [3.05, 3.63) is 35.4 Å². The molecule has 0 N–H and O–H groups in total. The SMILES string of the molecule is CC(C)c1cccc(C2S(=O)(=O)CCCS2(=O)=O)c1. The van der Waals surface area contributed by atoms with Crippen LogP contribution < -0.4 is 0 Å². The van der Waals surface area contributed by atoms with Crippen molar-refractivity contribution in [1.29, 1.82) is 0 Å². The molecule has 1 saturated heterocycles. The topological polar surface area (TPSA) is 68.3 Å². The van der Waals surface area contributed by atoms with Gasteiger partial charge >= 0.3 is 0 Å². The van der Waals surface area contributed by atoms with E-state index in [2.05, 4.69) is 0 Å². The summed E-state index contributed by atoms with van der Waals surface area (Å²) in [5.41, 5.74) is 1.33. The van der Waals surface area contributed by atoms with Crippen molar-refractivity contribution in [3.8, 4) is 0 Å². The van der Waals surface area contributed by atoms with Gasteiger partial charge in [0, 0.05) is 0 Å². The minimum Gasteiger partial charge on any atom is -0.227 e. The maximum Gasteiger partial charge on any atom is 0.187 e. The normalized spacial score (nSPS) is 22.5. The van der Waals surface area contributed by atoms with Crippen LogP contribution in [0.5, 0.6) is 0 Å². The molecule has 0 unspecified atom stereocenters. The number of hydrogen-bond acceptors (Lipinski definition) is 4. The first-order valence-corrected chi connectivity index (χ1v) is 9.70. The number of benzene rings is 1. The molecule has 0 amide bonds. The second kappa shape index (κ2) is 4.90. The van der Waals surface area contributed by atoms with Crippen LogP contribution >= 0.6 is 0 Å². The van der Waals surface area contributed by atoms with Gasteiger partial charge in [0.05, 0.1) is 11.5 Å². The fraction of sp³-hybridized carbons (Fsp3) is 0.538. The van der Waals surface area contributed by atoms with E-state index in [0.29, 0.717) is 5.56 Å². The van der Waals surface area contributed by atoms with E-state index < -0.39 is 24.3 Å². The van der Waals surface area contributed by atoms with Crippen LogP contribution in [0, 0.1) is 0 Å². The van der Waals surface area contributed by atoms with Crippen molar-refractivity contribution in [2.24, 2.45) is 0 Å². The first-order valence-electron chi connectivity index (χ1n) is 6.27. The monoisotopic (exact) mass is 302 g/mol. The smallest absolute Gasteiger partial charge is 0.187 e. The minimum absolute atomic E-state index is 0.0528. The molecule has 0 atom stereocenters. The highest BCUT2D eigenvalue weighted by molar-refractivity contribution is 8.09. The van der Waals surface area contributed by atoms with Gasteiger partial charge in [-0.15, -0.1) is 0 Å². The molecule has 0 bridgehead atoms. The second-order valence-corrected chi connectivity index (χ2v) is 9.95. The van der Waals surface area contributed by atoms with E-state index in [-0.39, 0.29) is 23.8 Å². The Hall–Kier alpha value is -0.880. The Morgan fingerprint density at radius 2 is 1.63 bits per heavy atom. The average molecular weight is 302 g/mol. The predicted octanol–water partition coefficient (Wildman–Crippen LogP) is 2.04. The van der Waals surface area contributed by atoms with Crippen LogP contribution in [0.3, 0.4) is 0 Å². The molecule has 1 aliphatic heterocycles. The molecule has 1 aliphatic rings. The summed E-state index contributed by atoms with van der Waals surface area (Å²) < 4.78 is 47.0. The molecule has 19 heavy (non-hydrogen) atoms. The standard InChI is InChI=1S/C13H18O4S2/c1-10(2)11-5-3-6-12(9-11)13-18(14,15)7-4-8-19(13,16)17/h3,5-6,9-10,13H,4,7-8H2,1-2H3. The lowest BCUT2D eigenvalue weighted by molar-refractivity contribution is 0.567. The van der Waals surface area contributed by atoms with E-state index in [0.717, 1.165) is 5.56 Å². The van der Waals surface area contributed by atoms with E-state index in [1.165, 1.54) is 0 Å². The first-order chi connectivity index (χ1) is 8.74. The molecule has 4 nitrogen and oxygen atoms in total. The quantitative estimate of drug-likeness (QED) is 0.838. The summed E-state index contributed by atoms with van der Waals surface area (Å²) in [5, 5.41) is 0. The molecule has 1 aromatic rings. The Kier molecular flexibility index (Phi) is 3.75. The first kappa shape index (κ1) is 14.5. The van der Waals surface area contributed by atoms with Crippen LogP contribution in [0.4, 0.5) is 0 Å². The summed E-state index contributed by atoms with van der Waals surface area (Å²) in [5.74, 6) is 0.125. The third kappa shape index (κ3) is 2.84. The maximum atomic E-state index is 12.1. The van der Waals surface area contributed by atoms with Crippen LogP contribution in [0.1, 0.15) is 41.9 Å². The van der Waals surface area contributed by atoms with Crippen molar-refractivity contribution in [2.45, 2.75) is 30.8 Å². The largest absolute Gasteiger partial charge is 0.227 e. The average Bonchev–Trinajstić information content (AvgIpc) is 2.26. The molecule has 0 aromatic heterocycles. The summed E-state index contributed by atoms with van der Waals surface area (Å²) in [7, 11) is -7.23. The molecular weight excluding hydrogens is 284 g/mol. The molecule has 1 heterocycles. The van der Waals surface area contributed by atoms with Crippen LogP contribution in [-0.2, 0) is 19.7 Å². The lowest BCUT2D eigenvalue weighted by atomic mass is 10.0. The zero-order valence-corrected chi connectivity index (χ0v) is 12.7. The van der Waals surface area contributed by atoms with Gasteiger partial charge in [-0.3, -0.25) is 0 Å². The van der Waals surface area contributed by atoms with Gasteiger partial charge in [0.15, 0.2) is 24.3 Å². The van der Waals surface area contributed by atoms with Gasteiger partial charge in [-0.05, 0) is 23.5 Å². The molecule has 106 valence electrons. The van der Waals surface area contributed by atoms with Gasteiger partial charge in [0.25, 0.3) is 0 Å². The maximum absolute atomic E-state index is 12.1. The van der Waals surface area contributed by atoms with Crippen LogP contribution in [0.2, 0.25) is 0 Å². The van der Waals surface area contributed by atoms with Crippen molar-refractivity contribution >= 4 is 19.7 Å². The van der Waals surface area contributed by atoms with Gasteiger partial charge in [-0.2, -0.15) is 0 Å². The second-order valence-electron chi connectivity index (χ2n) is 5.24. The molecule has 2 rings (SSSR count). The number of sulfone groups is 2. The lowest BCUT2D eigenvalue weighted by Crippen LogP contribution is -2.32. The van der Waals surface area contributed by atoms with Crippen LogP contribution in [0.25, 0.3) is 0 Å². The Balaban J connectivity index is 2.58. The van der Waals surface area contributed by atoms with E-state index in [1.54, 1.807) is 18.2 Å². The third-order valence-electron chi connectivity index (χ3n) is 3.36. The van der Waals surface area contributed by atoms with Crippen molar-refractivity contribution in [3.63, 3.8) is 0 Å². The van der Waals surface area contributed by atoms with Gasteiger partial charge < -0.3 is 0 Å². The number of hydrogen-bond donors (Lipinski definition) is 0. The summed E-state index contributed by atoms with van der Waals surface area (Å²) >= 11 is 0. The molecule has 0 radical (unpaired) electrons. The van der Waals surface area contributed by atoms with E-state index >= 15 is 0 Å². The third-order valence-corrected chi connectivity index (χ3v) is 8.68. The van der Waals surface area contributed by atoms with Gasteiger partial charge in [-0.25, -0.2) is 16.8 Å². The van der Waals surface area contributed by atoms with Crippen molar-refractivity contribution < 1.29 is 16.8 Å². The number of rotatable bonds is 2. The zero-order valence-electron chi connectivity index (χ0n) is 11.0. The molecule has 0 aliphatic carbocycles. The Morgan fingerprint density at radius 3 is 2.16 bits per heavy atom. The molecular formula is C13H18O4S2. The molecule has 0 spiro atoms. The van der Waals surface area contributed by atoms with Crippen LogP contribution in [-0.4, -0.2) is 28.3 Å². The summed E-state index contributed by atoms with van der Waals surface area (Å²) in [6, 6.07) is 6.91. The van der Waals surface area contributed by atoms with Crippen LogP contribution in [0.15, 0.2) is 24.3 Å². The highest BCUT2D eigenvalue weighted by atomic mass is 32.3. The summed E-state index contributed by atoms with van der Waals surface area (Å²) in [6.45, 7) is 3.98. The van der Waals surface area contributed by atoms with Gasteiger partial charge in [0.2, 0.25) is 0 Å². The molecule has 1 aromatic carbocycles. The summed E-state index contributed by atoms with van der Waals surface area (Å²) in [4.78, 5) is 0. The lowest BCUT2D eigenvalue weighted by Gasteiger charge is -2.23. The Labute approximate surface area is 114 Å². The zero-order chi connectivity index (χ0) is 14.3. The Bertz CT molecular complexity index is 638.